The summed E-state index contributed by atoms with van der Waals surface area (Å²) in [7, 11) is 0. The normalized spacial score (nSPS) is 13.5. The monoisotopic (exact) mass is 142 g/mol. The molecule has 0 aromatic rings. The Labute approximate surface area is 65.2 Å². The van der Waals surface area contributed by atoms with Crippen LogP contribution in [0.4, 0.5) is 0 Å². The predicted octanol–water partition coefficient (Wildman–Crippen LogP) is 2.58. The van der Waals surface area contributed by atoms with Gasteiger partial charge in [0.15, 0.2) is 0 Å². The highest BCUT2D eigenvalue weighted by molar-refractivity contribution is 4.55. The van der Waals surface area contributed by atoms with Crippen molar-refractivity contribution in [1.82, 2.24) is 5.32 Å². The largest absolute Gasteiger partial charge is 0.239 e. The van der Waals surface area contributed by atoms with Crippen LogP contribution in [0.25, 0.3) is 0 Å². The van der Waals surface area contributed by atoms with Gasteiger partial charge >= 0.3 is 0 Å². The average Bonchev–Trinajstić information content (AvgIpc) is 1.98. The lowest BCUT2D eigenvalue weighted by atomic mass is 10.2. The van der Waals surface area contributed by atoms with Crippen LogP contribution in [0.5, 0.6) is 0 Å². The first-order valence-corrected chi connectivity index (χ1v) is 4.47. The zero-order valence-electron chi connectivity index (χ0n) is 7.56. The maximum atomic E-state index is 4.48. The molecule has 0 fully saturated rings. The Morgan fingerprint density at radius 1 is 1.20 bits per heavy atom. The smallest absolute Gasteiger partial charge is 0.0215 e. The molecule has 1 heteroatoms. The SMILES string of the molecule is CCCCC[N]C(C)CC. The molecule has 0 aliphatic heterocycles. The molecule has 1 unspecified atom stereocenters. The van der Waals surface area contributed by atoms with Gasteiger partial charge in [0.2, 0.25) is 0 Å². The number of hydrogen-bond donors (Lipinski definition) is 0. The van der Waals surface area contributed by atoms with Crippen LogP contribution in [0, 0.1) is 0 Å². The molecule has 0 aromatic heterocycles. The number of nitrogens with zero attached hydrogens (tertiary/aromatic N) is 1. The maximum absolute atomic E-state index is 4.48. The first kappa shape index (κ1) is 9.96. The second kappa shape index (κ2) is 7.07. The summed E-state index contributed by atoms with van der Waals surface area (Å²) in [4.78, 5) is 0. The Balaban J connectivity index is 2.89. The van der Waals surface area contributed by atoms with Crippen LogP contribution in [0.3, 0.4) is 0 Å². The standard InChI is InChI=1S/C9H20N/c1-4-6-7-8-10-9(3)5-2/h9H,4-8H2,1-3H3. The summed E-state index contributed by atoms with van der Waals surface area (Å²) < 4.78 is 0. The highest BCUT2D eigenvalue weighted by Gasteiger charge is 1.96. The van der Waals surface area contributed by atoms with Gasteiger partial charge in [-0.25, -0.2) is 5.32 Å². The summed E-state index contributed by atoms with van der Waals surface area (Å²) in [5.74, 6) is 0. The first-order chi connectivity index (χ1) is 4.81. The van der Waals surface area contributed by atoms with Crippen LogP contribution in [-0.4, -0.2) is 12.6 Å². The molecule has 0 aliphatic carbocycles. The van der Waals surface area contributed by atoms with Crippen molar-refractivity contribution in [2.24, 2.45) is 0 Å². The van der Waals surface area contributed by atoms with Gasteiger partial charge in [0.25, 0.3) is 0 Å². The fraction of sp³-hybridized carbons (Fsp3) is 1.00. The molecule has 0 aliphatic rings. The molecule has 0 bridgehead atoms. The van der Waals surface area contributed by atoms with Crippen molar-refractivity contribution in [2.75, 3.05) is 6.54 Å². The molecule has 61 valence electrons. The molecule has 0 saturated heterocycles. The fourth-order valence-electron chi connectivity index (χ4n) is 0.803. The molecule has 0 heterocycles. The number of rotatable bonds is 6. The van der Waals surface area contributed by atoms with Crippen LogP contribution in [0.2, 0.25) is 0 Å². The summed E-state index contributed by atoms with van der Waals surface area (Å²) in [6.07, 6.45) is 5.10. The summed E-state index contributed by atoms with van der Waals surface area (Å²) in [6.45, 7) is 7.67. The first-order valence-electron chi connectivity index (χ1n) is 4.47. The van der Waals surface area contributed by atoms with Crippen molar-refractivity contribution in [1.29, 1.82) is 0 Å². The quantitative estimate of drug-likeness (QED) is 0.506. The van der Waals surface area contributed by atoms with Crippen molar-refractivity contribution in [3.05, 3.63) is 0 Å². The summed E-state index contributed by atoms with van der Waals surface area (Å²) in [5.41, 5.74) is 0. The molecule has 0 aromatic carbocycles. The van der Waals surface area contributed by atoms with E-state index in [1.807, 2.05) is 0 Å². The predicted molar refractivity (Wildman–Crippen MR) is 46.3 cm³/mol. The third kappa shape index (κ3) is 6.09. The van der Waals surface area contributed by atoms with Crippen molar-refractivity contribution >= 4 is 0 Å². The van der Waals surface area contributed by atoms with Gasteiger partial charge in [0, 0.05) is 12.6 Å². The van der Waals surface area contributed by atoms with E-state index < -0.39 is 0 Å². The molecule has 0 rings (SSSR count). The lowest BCUT2D eigenvalue weighted by Gasteiger charge is -2.07. The van der Waals surface area contributed by atoms with Crippen molar-refractivity contribution in [3.8, 4) is 0 Å². The van der Waals surface area contributed by atoms with Gasteiger partial charge < -0.3 is 0 Å². The van der Waals surface area contributed by atoms with Gasteiger partial charge in [0.05, 0.1) is 0 Å². The third-order valence-electron chi connectivity index (χ3n) is 1.79. The molecular weight excluding hydrogens is 122 g/mol. The molecule has 0 amide bonds. The Hall–Kier alpha value is -0.0400. The van der Waals surface area contributed by atoms with Gasteiger partial charge in [-0.1, -0.05) is 26.7 Å². The van der Waals surface area contributed by atoms with E-state index >= 15 is 0 Å². The Morgan fingerprint density at radius 2 is 1.90 bits per heavy atom. The van der Waals surface area contributed by atoms with E-state index in [2.05, 4.69) is 26.1 Å². The number of unbranched alkanes of at least 4 members (excludes halogenated alkanes) is 2. The Morgan fingerprint density at radius 3 is 2.40 bits per heavy atom. The lowest BCUT2D eigenvalue weighted by Crippen LogP contribution is -2.18. The van der Waals surface area contributed by atoms with E-state index in [9.17, 15) is 0 Å². The Bertz CT molecular complexity index is 61.7. The van der Waals surface area contributed by atoms with Gasteiger partial charge in [-0.3, -0.25) is 0 Å². The zero-order valence-corrected chi connectivity index (χ0v) is 7.56. The minimum atomic E-state index is 0.580. The molecule has 0 spiro atoms. The number of hydrogen-bond acceptors (Lipinski definition) is 0. The van der Waals surface area contributed by atoms with E-state index in [1.165, 1.54) is 25.7 Å². The molecule has 1 atom stereocenters. The Kier molecular flexibility index (Phi) is 7.04. The van der Waals surface area contributed by atoms with E-state index in [4.69, 9.17) is 0 Å². The molecule has 1 radical (unpaired) electrons. The fourth-order valence-corrected chi connectivity index (χ4v) is 0.803. The van der Waals surface area contributed by atoms with Gasteiger partial charge in [0.1, 0.15) is 0 Å². The maximum Gasteiger partial charge on any atom is 0.0215 e. The second-order valence-corrected chi connectivity index (χ2v) is 2.87. The van der Waals surface area contributed by atoms with Gasteiger partial charge in [-0.15, -0.1) is 0 Å². The van der Waals surface area contributed by atoms with E-state index in [0.717, 1.165) is 6.54 Å². The highest BCUT2D eigenvalue weighted by Crippen LogP contribution is 1.95. The van der Waals surface area contributed by atoms with E-state index in [1.54, 1.807) is 0 Å². The summed E-state index contributed by atoms with van der Waals surface area (Å²) >= 11 is 0. The van der Waals surface area contributed by atoms with Crippen molar-refractivity contribution in [3.63, 3.8) is 0 Å². The zero-order chi connectivity index (χ0) is 7.82. The molecular formula is C9H20N. The minimum absolute atomic E-state index is 0.580. The molecule has 0 N–H and O–H groups in total. The topological polar surface area (TPSA) is 14.1 Å². The summed E-state index contributed by atoms with van der Waals surface area (Å²) in [6, 6.07) is 0.580. The lowest BCUT2D eigenvalue weighted by molar-refractivity contribution is 0.504. The van der Waals surface area contributed by atoms with E-state index in [0.29, 0.717) is 6.04 Å². The van der Waals surface area contributed by atoms with E-state index in [-0.39, 0.29) is 0 Å². The summed E-state index contributed by atoms with van der Waals surface area (Å²) in [5, 5.41) is 4.48. The van der Waals surface area contributed by atoms with Crippen molar-refractivity contribution in [2.45, 2.75) is 52.5 Å². The van der Waals surface area contributed by atoms with Crippen LogP contribution in [0.1, 0.15) is 46.5 Å². The molecule has 10 heavy (non-hydrogen) atoms. The van der Waals surface area contributed by atoms with Crippen molar-refractivity contribution < 1.29 is 0 Å². The second-order valence-electron chi connectivity index (χ2n) is 2.87. The van der Waals surface area contributed by atoms with Gasteiger partial charge in [-0.05, 0) is 19.8 Å². The minimum Gasteiger partial charge on any atom is -0.239 e. The highest BCUT2D eigenvalue weighted by atomic mass is 14.9. The molecule has 0 saturated carbocycles. The van der Waals surface area contributed by atoms with Crippen LogP contribution in [0.15, 0.2) is 0 Å². The molecule has 1 nitrogen and oxygen atoms in total. The van der Waals surface area contributed by atoms with Gasteiger partial charge in [-0.2, -0.15) is 0 Å². The van der Waals surface area contributed by atoms with Crippen LogP contribution < -0.4 is 5.32 Å². The average molecular weight is 142 g/mol. The van der Waals surface area contributed by atoms with Crippen LogP contribution in [-0.2, 0) is 0 Å². The third-order valence-corrected chi connectivity index (χ3v) is 1.79. The van der Waals surface area contributed by atoms with Crippen LogP contribution >= 0.6 is 0 Å².